The zero-order chi connectivity index (χ0) is 13.4. The molecule has 3 nitrogen and oxygen atoms in total. The Labute approximate surface area is 112 Å². The minimum atomic E-state index is -0.533. The van der Waals surface area contributed by atoms with Gasteiger partial charge in [0.1, 0.15) is 5.76 Å². The Morgan fingerprint density at radius 3 is 2.63 bits per heavy atom. The lowest BCUT2D eigenvalue weighted by Gasteiger charge is -2.19. The molecule has 2 aliphatic rings. The molecule has 98 valence electrons. The third-order valence-electron chi connectivity index (χ3n) is 3.85. The molecule has 3 heteroatoms. The summed E-state index contributed by atoms with van der Waals surface area (Å²) < 4.78 is 5.77. The summed E-state index contributed by atoms with van der Waals surface area (Å²) in [6.45, 7) is 1.53. The minimum absolute atomic E-state index is 0.0175. The number of hydrogen-bond acceptors (Lipinski definition) is 3. The summed E-state index contributed by atoms with van der Waals surface area (Å²) in [5.41, 5.74) is 1.72. The predicted octanol–water partition coefficient (Wildman–Crippen LogP) is 2.77. The summed E-state index contributed by atoms with van der Waals surface area (Å²) >= 11 is 0. The molecule has 0 saturated carbocycles. The Hall–Kier alpha value is -1.90. The first-order valence-electron chi connectivity index (χ1n) is 6.67. The quantitative estimate of drug-likeness (QED) is 0.817. The topological polar surface area (TPSA) is 43.4 Å². The summed E-state index contributed by atoms with van der Waals surface area (Å²) in [4.78, 5) is 24.0. The van der Waals surface area contributed by atoms with Gasteiger partial charge in [0, 0.05) is 18.4 Å². The summed E-state index contributed by atoms with van der Waals surface area (Å²) in [6, 6.07) is 9.71. The Morgan fingerprint density at radius 1 is 1.21 bits per heavy atom. The van der Waals surface area contributed by atoms with Crippen molar-refractivity contribution in [2.24, 2.45) is 0 Å². The predicted molar refractivity (Wildman–Crippen MR) is 70.6 cm³/mol. The Kier molecular flexibility index (Phi) is 2.97. The van der Waals surface area contributed by atoms with Gasteiger partial charge in [-0.2, -0.15) is 0 Å². The normalized spacial score (nSPS) is 26.1. The van der Waals surface area contributed by atoms with Gasteiger partial charge in [-0.15, -0.1) is 0 Å². The van der Waals surface area contributed by atoms with E-state index >= 15 is 0 Å². The van der Waals surface area contributed by atoms with Crippen LogP contribution in [0.25, 0.3) is 0 Å². The first-order valence-corrected chi connectivity index (χ1v) is 6.67. The van der Waals surface area contributed by atoms with Crippen LogP contribution in [0, 0.1) is 0 Å². The van der Waals surface area contributed by atoms with Crippen LogP contribution in [-0.4, -0.2) is 17.7 Å². The lowest BCUT2D eigenvalue weighted by molar-refractivity contribution is -0.125. The van der Waals surface area contributed by atoms with Crippen LogP contribution in [0.1, 0.15) is 37.7 Å². The van der Waals surface area contributed by atoms with Gasteiger partial charge in [-0.1, -0.05) is 30.3 Å². The molecule has 2 unspecified atom stereocenters. The van der Waals surface area contributed by atoms with Gasteiger partial charge in [0.05, 0.1) is 5.92 Å². The summed E-state index contributed by atoms with van der Waals surface area (Å²) in [6.07, 6.45) is 1.63. The van der Waals surface area contributed by atoms with Crippen molar-refractivity contribution in [1.29, 1.82) is 0 Å². The maximum Gasteiger partial charge on any atom is 0.171 e. The highest BCUT2D eigenvalue weighted by Crippen LogP contribution is 2.44. The van der Waals surface area contributed by atoms with Crippen LogP contribution < -0.4 is 0 Å². The first kappa shape index (κ1) is 12.2. The Bertz CT molecular complexity index is 557. The van der Waals surface area contributed by atoms with E-state index < -0.39 is 6.10 Å². The summed E-state index contributed by atoms with van der Waals surface area (Å²) in [7, 11) is 0. The average Bonchev–Trinajstić information content (AvgIpc) is 2.81. The standard InChI is InChI=1S/C16H16O3/c1-10(17)16-14(11-6-3-2-4-7-11)15-12(18)8-5-9-13(15)19-16/h2-4,6-7,14,16H,5,8-9H2,1H3. The van der Waals surface area contributed by atoms with E-state index in [1.165, 1.54) is 6.92 Å². The van der Waals surface area contributed by atoms with Gasteiger partial charge in [-0.3, -0.25) is 9.59 Å². The largest absolute Gasteiger partial charge is 0.486 e. The molecule has 1 aromatic rings. The molecule has 0 radical (unpaired) electrons. The fourth-order valence-electron chi connectivity index (χ4n) is 3.00. The van der Waals surface area contributed by atoms with Crippen LogP contribution >= 0.6 is 0 Å². The van der Waals surface area contributed by atoms with Crippen molar-refractivity contribution in [1.82, 2.24) is 0 Å². The molecule has 1 aromatic carbocycles. The highest BCUT2D eigenvalue weighted by molar-refractivity contribution is 6.00. The van der Waals surface area contributed by atoms with Crippen LogP contribution in [0.4, 0.5) is 0 Å². The third kappa shape index (κ3) is 1.99. The van der Waals surface area contributed by atoms with Crippen LogP contribution in [0.5, 0.6) is 0 Å². The van der Waals surface area contributed by atoms with Gasteiger partial charge < -0.3 is 4.74 Å². The lowest BCUT2D eigenvalue weighted by Crippen LogP contribution is -2.26. The monoisotopic (exact) mass is 256 g/mol. The second-order valence-corrected chi connectivity index (χ2v) is 5.15. The smallest absolute Gasteiger partial charge is 0.171 e. The number of carbonyl (C=O) groups excluding carboxylic acids is 2. The molecule has 0 saturated heterocycles. The van der Waals surface area contributed by atoms with Crippen molar-refractivity contribution in [2.45, 2.75) is 38.2 Å². The molecule has 1 aliphatic heterocycles. The maximum atomic E-state index is 12.2. The fraction of sp³-hybridized carbons (Fsp3) is 0.375. The number of ether oxygens (including phenoxy) is 1. The van der Waals surface area contributed by atoms with Crippen LogP contribution in [0.3, 0.4) is 0 Å². The molecule has 1 heterocycles. The molecular weight excluding hydrogens is 240 g/mol. The number of benzene rings is 1. The lowest BCUT2D eigenvalue weighted by atomic mass is 9.81. The second-order valence-electron chi connectivity index (χ2n) is 5.15. The molecule has 19 heavy (non-hydrogen) atoms. The van der Waals surface area contributed by atoms with Gasteiger partial charge in [0.2, 0.25) is 0 Å². The van der Waals surface area contributed by atoms with Crippen LogP contribution in [-0.2, 0) is 14.3 Å². The molecule has 2 atom stereocenters. The molecule has 1 aliphatic carbocycles. The fourth-order valence-corrected chi connectivity index (χ4v) is 3.00. The SMILES string of the molecule is CC(=O)C1OC2=C(C(=O)CCC2)C1c1ccccc1. The number of carbonyl (C=O) groups is 2. The Balaban J connectivity index is 2.08. The van der Waals surface area contributed by atoms with Gasteiger partial charge in [0.15, 0.2) is 17.7 Å². The summed E-state index contributed by atoms with van der Waals surface area (Å²) in [5.74, 6) is 0.640. The van der Waals surface area contributed by atoms with E-state index in [9.17, 15) is 9.59 Å². The summed E-state index contributed by atoms with van der Waals surface area (Å²) in [5, 5.41) is 0. The van der Waals surface area contributed by atoms with E-state index in [0.717, 1.165) is 29.7 Å². The van der Waals surface area contributed by atoms with Crippen LogP contribution in [0.15, 0.2) is 41.7 Å². The van der Waals surface area contributed by atoms with Gasteiger partial charge in [0.25, 0.3) is 0 Å². The molecular formula is C16H16O3. The third-order valence-corrected chi connectivity index (χ3v) is 3.85. The first-order chi connectivity index (χ1) is 9.18. The number of hydrogen-bond donors (Lipinski definition) is 0. The van der Waals surface area contributed by atoms with Crippen molar-refractivity contribution >= 4 is 11.6 Å². The van der Waals surface area contributed by atoms with Crippen molar-refractivity contribution < 1.29 is 14.3 Å². The number of allylic oxidation sites excluding steroid dienone is 1. The number of Topliss-reactive ketones (excluding diaryl/α,β-unsaturated/α-hetero) is 2. The maximum absolute atomic E-state index is 12.2. The molecule has 0 bridgehead atoms. The highest BCUT2D eigenvalue weighted by atomic mass is 16.5. The molecule has 0 fully saturated rings. The van der Waals surface area contributed by atoms with Gasteiger partial charge in [-0.05, 0) is 18.9 Å². The van der Waals surface area contributed by atoms with E-state index in [1.807, 2.05) is 30.3 Å². The zero-order valence-electron chi connectivity index (χ0n) is 10.9. The van der Waals surface area contributed by atoms with E-state index in [4.69, 9.17) is 4.74 Å². The number of rotatable bonds is 2. The minimum Gasteiger partial charge on any atom is -0.486 e. The molecule has 0 aromatic heterocycles. The molecule has 3 rings (SSSR count). The van der Waals surface area contributed by atoms with Gasteiger partial charge in [-0.25, -0.2) is 0 Å². The van der Waals surface area contributed by atoms with Crippen molar-refractivity contribution in [3.05, 3.63) is 47.2 Å². The van der Waals surface area contributed by atoms with Crippen molar-refractivity contribution in [3.8, 4) is 0 Å². The van der Waals surface area contributed by atoms with E-state index in [2.05, 4.69) is 0 Å². The van der Waals surface area contributed by atoms with Crippen molar-refractivity contribution in [2.75, 3.05) is 0 Å². The van der Waals surface area contributed by atoms with Crippen molar-refractivity contribution in [3.63, 3.8) is 0 Å². The van der Waals surface area contributed by atoms with Crippen LogP contribution in [0.2, 0.25) is 0 Å². The van der Waals surface area contributed by atoms with Gasteiger partial charge >= 0.3 is 0 Å². The second kappa shape index (κ2) is 4.65. The number of ketones is 2. The molecule has 0 spiro atoms. The molecule has 0 N–H and O–H groups in total. The van der Waals surface area contributed by atoms with E-state index in [-0.39, 0.29) is 17.5 Å². The zero-order valence-corrected chi connectivity index (χ0v) is 10.9. The molecule has 0 amide bonds. The Morgan fingerprint density at radius 2 is 1.95 bits per heavy atom. The highest BCUT2D eigenvalue weighted by Gasteiger charge is 2.44. The van der Waals surface area contributed by atoms with E-state index in [0.29, 0.717) is 6.42 Å². The van der Waals surface area contributed by atoms with E-state index in [1.54, 1.807) is 0 Å². The average molecular weight is 256 g/mol.